The highest BCUT2D eigenvalue weighted by atomic mass is 31.2. The number of aliphatic imine (C=N–C) groups is 1. The average Bonchev–Trinajstić information content (AvgIpc) is 3.13. The molecule has 4 heteroatoms. The van der Waals surface area contributed by atoms with Gasteiger partial charge in [0.1, 0.15) is 34.3 Å². The molecule has 0 saturated carbocycles. The zero-order chi connectivity index (χ0) is 32.6. The lowest BCUT2D eigenvalue weighted by molar-refractivity contribution is 0.164. The Morgan fingerprint density at radius 2 is 1.13 bits per heavy atom. The van der Waals surface area contributed by atoms with Crippen molar-refractivity contribution >= 4 is 34.3 Å². The highest BCUT2D eigenvalue weighted by molar-refractivity contribution is 8.01. The Morgan fingerprint density at radius 1 is 0.660 bits per heavy atom. The predicted octanol–water partition coefficient (Wildman–Crippen LogP) is 8.16. The molecule has 0 unspecified atom stereocenters. The van der Waals surface area contributed by atoms with E-state index in [-0.39, 0.29) is 12.1 Å². The van der Waals surface area contributed by atoms with Crippen molar-refractivity contribution in [2.45, 2.75) is 32.9 Å². The van der Waals surface area contributed by atoms with Gasteiger partial charge in [-0.2, -0.15) is 0 Å². The SMILES string of the molecule is COC[C@@H](N=C(c1ccc(-c2ccc([P+](c3ccccc3)(c3ccccc3)c3ccccc3)cc2)cc1)N1C=CC=C[C@H]1C)C(C)C. The number of ether oxygens (including phenoxy) is 1. The number of methoxy groups -OCH3 is 1. The van der Waals surface area contributed by atoms with Gasteiger partial charge in [0.05, 0.1) is 18.7 Å². The maximum Gasteiger partial charge on any atom is 0.144 e. The highest BCUT2D eigenvalue weighted by Gasteiger charge is 2.47. The molecule has 0 radical (unpaired) electrons. The summed E-state index contributed by atoms with van der Waals surface area (Å²) in [7, 11) is -0.379. The van der Waals surface area contributed by atoms with E-state index in [4.69, 9.17) is 9.73 Å². The van der Waals surface area contributed by atoms with Crippen molar-refractivity contribution in [1.82, 2.24) is 4.90 Å². The molecule has 0 aliphatic carbocycles. The maximum atomic E-state index is 5.56. The van der Waals surface area contributed by atoms with E-state index >= 15 is 0 Å². The summed E-state index contributed by atoms with van der Waals surface area (Å²) in [4.78, 5) is 7.53. The summed E-state index contributed by atoms with van der Waals surface area (Å²) in [5.41, 5.74) is 3.47. The number of hydrogen-bond donors (Lipinski definition) is 0. The number of benzene rings is 5. The minimum Gasteiger partial charge on any atom is -0.382 e. The lowest BCUT2D eigenvalue weighted by Crippen LogP contribution is -2.38. The van der Waals surface area contributed by atoms with Crippen LogP contribution in [0.2, 0.25) is 0 Å². The molecule has 0 spiro atoms. The van der Waals surface area contributed by atoms with Crippen LogP contribution in [0.4, 0.5) is 0 Å². The van der Waals surface area contributed by atoms with Crippen LogP contribution in [0.3, 0.4) is 0 Å². The summed E-state index contributed by atoms with van der Waals surface area (Å²) in [5.74, 6) is 1.33. The normalized spacial score (nSPS) is 15.6. The van der Waals surface area contributed by atoms with Crippen molar-refractivity contribution < 1.29 is 4.74 Å². The predicted molar refractivity (Wildman–Crippen MR) is 203 cm³/mol. The molecule has 0 aromatic heterocycles. The molecule has 5 aromatic rings. The van der Waals surface area contributed by atoms with E-state index < -0.39 is 7.26 Å². The first-order valence-corrected chi connectivity index (χ1v) is 18.3. The van der Waals surface area contributed by atoms with Gasteiger partial charge in [0.2, 0.25) is 0 Å². The number of allylic oxidation sites excluding steroid dienone is 2. The van der Waals surface area contributed by atoms with E-state index in [1.54, 1.807) is 7.11 Å². The van der Waals surface area contributed by atoms with Gasteiger partial charge in [-0.3, -0.25) is 4.99 Å². The molecule has 5 aromatic carbocycles. The van der Waals surface area contributed by atoms with Crippen LogP contribution in [0.25, 0.3) is 11.1 Å². The summed E-state index contributed by atoms with van der Waals surface area (Å²) in [5, 5.41) is 5.40. The summed E-state index contributed by atoms with van der Waals surface area (Å²) >= 11 is 0. The van der Waals surface area contributed by atoms with Gasteiger partial charge in [0, 0.05) is 18.9 Å². The molecular weight excluding hydrogens is 591 g/mol. The van der Waals surface area contributed by atoms with Gasteiger partial charge in [-0.1, -0.05) is 117 Å². The fraction of sp³-hybridized carbons (Fsp3) is 0.186. The molecule has 3 nitrogen and oxygen atoms in total. The smallest absolute Gasteiger partial charge is 0.144 e. The summed E-state index contributed by atoms with van der Waals surface area (Å²) in [6, 6.07) is 51.5. The highest BCUT2D eigenvalue weighted by Crippen LogP contribution is 2.54. The van der Waals surface area contributed by atoms with Crippen molar-refractivity contribution in [2.75, 3.05) is 13.7 Å². The molecule has 1 aliphatic heterocycles. The quantitative estimate of drug-likeness (QED) is 0.0879. The lowest BCUT2D eigenvalue weighted by atomic mass is 10.0. The third-order valence-corrected chi connectivity index (χ3v) is 13.3. The number of nitrogens with zero attached hydrogens (tertiary/aromatic N) is 2. The molecular formula is C43H44N2OP+. The summed E-state index contributed by atoms with van der Waals surface area (Å²) in [6.45, 7) is 7.20. The van der Waals surface area contributed by atoms with Crippen molar-refractivity contribution in [1.29, 1.82) is 0 Å². The van der Waals surface area contributed by atoms with Gasteiger partial charge in [-0.05, 0) is 78.6 Å². The van der Waals surface area contributed by atoms with Crippen LogP contribution in [0.5, 0.6) is 0 Å². The maximum absolute atomic E-state index is 5.56. The van der Waals surface area contributed by atoms with Crippen molar-refractivity contribution in [2.24, 2.45) is 10.9 Å². The Labute approximate surface area is 281 Å². The zero-order valence-electron chi connectivity index (χ0n) is 27.8. The zero-order valence-corrected chi connectivity index (χ0v) is 28.7. The summed E-state index contributed by atoms with van der Waals surface area (Å²) < 4.78 is 5.56. The van der Waals surface area contributed by atoms with Crippen molar-refractivity contribution in [3.63, 3.8) is 0 Å². The second-order valence-corrected chi connectivity index (χ2v) is 15.8. The topological polar surface area (TPSA) is 24.8 Å². The largest absolute Gasteiger partial charge is 0.382 e. The van der Waals surface area contributed by atoms with E-state index in [0.29, 0.717) is 12.5 Å². The Bertz CT molecular complexity index is 1720. The van der Waals surface area contributed by atoms with E-state index in [0.717, 1.165) is 11.4 Å². The molecule has 2 atom stereocenters. The van der Waals surface area contributed by atoms with E-state index in [1.807, 2.05) is 0 Å². The molecule has 47 heavy (non-hydrogen) atoms. The Hall–Kier alpha value is -4.56. The Kier molecular flexibility index (Phi) is 10.3. The van der Waals surface area contributed by atoms with Crippen LogP contribution >= 0.6 is 7.26 Å². The van der Waals surface area contributed by atoms with Crippen LogP contribution in [0, 0.1) is 5.92 Å². The van der Waals surface area contributed by atoms with Gasteiger partial charge in [0.15, 0.2) is 0 Å². The van der Waals surface area contributed by atoms with Crippen LogP contribution in [0.1, 0.15) is 26.3 Å². The van der Waals surface area contributed by atoms with Gasteiger partial charge in [-0.15, -0.1) is 0 Å². The monoisotopic (exact) mass is 635 g/mol. The van der Waals surface area contributed by atoms with Crippen LogP contribution < -0.4 is 21.2 Å². The van der Waals surface area contributed by atoms with Gasteiger partial charge < -0.3 is 9.64 Å². The molecule has 0 amide bonds. The van der Waals surface area contributed by atoms with Crippen LogP contribution in [0.15, 0.2) is 169 Å². The molecule has 1 aliphatic rings. The fourth-order valence-electron chi connectivity index (χ4n) is 6.39. The molecule has 1 heterocycles. The van der Waals surface area contributed by atoms with Gasteiger partial charge in [-0.25, -0.2) is 0 Å². The number of rotatable bonds is 10. The molecule has 0 N–H and O–H groups in total. The molecule has 0 bridgehead atoms. The van der Waals surface area contributed by atoms with Gasteiger partial charge in [0.25, 0.3) is 0 Å². The minimum absolute atomic E-state index is 0.0659. The van der Waals surface area contributed by atoms with E-state index in [9.17, 15) is 0 Å². The molecule has 6 rings (SSSR count). The third kappa shape index (κ3) is 6.79. The fourth-order valence-corrected chi connectivity index (χ4v) is 10.6. The first-order valence-electron chi connectivity index (χ1n) is 16.5. The Balaban J connectivity index is 1.40. The van der Waals surface area contributed by atoms with E-state index in [1.165, 1.54) is 32.3 Å². The standard InChI is InChI=1S/C43H44N2OP/c1-33(2)42(32-46-4)44-43(45-31-15-14-16-34(45)3)37-25-23-35(24-26-37)36-27-29-41(30-28-36)47(38-17-8-5-9-18-38,39-19-10-6-11-20-39)40-21-12-7-13-22-40/h5-31,33-34,42H,32H2,1-4H3/q+1/t34-,42-/m1/s1. The van der Waals surface area contributed by atoms with Crippen LogP contribution in [-0.2, 0) is 4.74 Å². The molecule has 0 saturated heterocycles. The van der Waals surface area contributed by atoms with Gasteiger partial charge >= 0.3 is 0 Å². The van der Waals surface area contributed by atoms with Crippen molar-refractivity contribution in [3.8, 4) is 11.1 Å². The molecule has 236 valence electrons. The summed E-state index contributed by atoms with van der Waals surface area (Å²) in [6.07, 6.45) is 8.51. The average molecular weight is 636 g/mol. The molecule has 0 fully saturated rings. The first kappa shape index (κ1) is 32.4. The van der Waals surface area contributed by atoms with E-state index in [2.05, 4.69) is 190 Å². The second-order valence-electron chi connectivity index (χ2n) is 12.4. The first-order chi connectivity index (χ1) is 23.0. The second kappa shape index (κ2) is 14.9. The number of hydrogen-bond acceptors (Lipinski definition) is 2. The van der Waals surface area contributed by atoms with Crippen LogP contribution in [-0.4, -0.2) is 36.5 Å². The minimum atomic E-state index is -2.13. The van der Waals surface area contributed by atoms with Crippen molar-refractivity contribution in [3.05, 3.63) is 170 Å². The number of amidine groups is 1. The third-order valence-electron chi connectivity index (χ3n) is 8.99. The Morgan fingerprint density at radius 3 is 1.57 bits per heavy atom. The lowest BCUT2D eigenvalue weighted by Gasteiger charge is -2.31.